The van der Waals surface area contributed by atoms with Gasteiger partial charge in [-0.25, -0.2) is 4.39 Å². The summed E-state index contributed by atoms with van der Waals surface area (Å²) in [4.78, 5) is 4.30. The first-order valence-electron chi connectivity index (χ1n) is 8.50. The Morgan fingerprint density at radius 1 is 1.04 bits per heavy atom. The van der Waals surface area contributed by atoms with Crippen LogP contribution in [0, 0.1) is 5.82 Å². The summed E-state index contributed by atoms with van der Waals surface area (Å²) in [5, 5.41) is 12.4. The van der Waals surface area contributed by atoms with Gasteiger partial charge in [-0.3, -0.25) is 0 Å². The molecule has 4 aromatic rings. The van der Waals surface area contributed by atoms with Crippen LogP contribution in [0.3, 0.4) is 0 Å². The van der Waals surface area contributed by atoms with Gasteiger partial charge < -0.3 is 13.7 Å². The Kier molecular flexibility index (Phi) is 5.34. The smallest absolute Gasteiger partial charge is 0.277 e. The molecule has 142 valence electrons. The number of para-hydroxylation sites is 1. The lowest BCUT2D eigenvalue weighted by atomic mass is 10.2. The van der Waals surface area contributed by atoms with Crippen molar-refractivity contribution in [2.24, 2.45) is 0 Å². The van der Waals surface area contributed by atoms with E-state index >= 15 is 0 Å². The maximum absolute atomic E-state index is 13.0. The average Bonchev–Trinajstić information content (AvgIpc) is 3.37. The van der Waals surface area contributed by atoms with E-state index in [0.29, 0.717) is 46.5 Å². The summed E-state index contributed by atoms with van der Waals surface area (Å²) in [6.07, 6.45) is 0. The molecular formula is C19H15FN4O3S. The van der Waals surface area contributed by atoms with Gasteiger partial charge in [0, 0.05) is 5.56 Å². The number of hydrogen-bond acceptors (Lipinski definition) is 8. The van der Waals surface area contributed by atoms with Crippen LogP contribution in [0.25, 0.3) is 22.9 Å². The molecule has 0 bridgehead atoms. The Morgan fingerprint density at radius 2 is 1.86 bits per heavy atom. The van der Waals surface area contributed by atoms with Crippen molar-refractivity contribution in [1.29, 1.82) is 0 Å². The molecule has 4 rings (SSSR count). The van der Waals surface area contributed by atoms with Crippen LogP contribution < -0.4 is 4.74 Å². The lowest BCUT2D eigenvalue weighted by Crippen LogP contribution is -1.93. The maximum Gasteiger partial charge on any atom is 0.277 e. The van der Waals surface area contributed by atoms with Crippen molar-refractivity contribution in [1.82, 2.24) is 20.3 Å². The van der Waals surface area contributed by atoms with Crippen molar-refractivity contribution in [2.45, 2.75) is 17.9 Å². The lowest BCUT2D eigenvalue weighted by molar-refractivity contribution is 0.340. The fraction of sp³-hybridized carbons (Fsp3) is 0.158. The van der Waals surface area contributed by atoms with Crippen LogP contribution in [0.4, 0.5) is 4.39 Å². The number of hydrogen-bond donors (Lipinski definition) is 0. The summed E-state index contributed by atoms with van der Waals surface area (Å²) in [5.74, 6) is 1.93. The summed E-state index contributed by atoms with van der Waals surface area (Å²) in [6, 6.07) is 13.3. The van der Waals surface area contributed by atoms with Crippen LogP contribution in [0.2, 0.25) is 0 Å². The van der Waals surface area contributed by atoms with Crippen molar-refractivity contribution in [3.8, 4) is 28.7 Å². The molecule has 0 amide bonds. The molecule has 0 radical (unpaired) electrons. The fourth-order valence-corrected chi connectivity index (χ4v) is 3.06. The highest BCUT2D eigenvalue weighted by Crippen LogP contribution is 2.31. The molecule has 0 atom stereocenters. The first-order valence-corrected chi connectivity index (χ1v) is 9.48. The zero-order valence-electron chi connectivity index (χ0n) is 14.8. The molecule has 0 fully saturated rings. The third-order valence-corrected chi connectivity index (χ3v) is 4.52. The summed E-state index contributed by atoms with van der Waals surface area (Å²) in [7, 11) is 0. The average molecular weight is 398 g/mol. The number of aromatic nitrogens is 4. The summed E-state index contributed by atoms with van der Waals surface area (Å²) >= 11 is 1.29. The second-order valence-electron chi connectivity index (χ2n) is 5.61. The Labute approximate surface area is 163 Å². The monoisotopic (exact) mass is 398 g/mol. The number of ether oxygens (including phenoxy) is 1. The molecule has 0 saturated heterocycles. The van der Waals surface area contributed by atoms with Gasteiger partial charge in [-0.15, -0.1) is 10.2 Å². The SMILES string of the molecule is CCOc1ccccc1-c1nnc(SCc2noc(-c3ccc(F)cc3)n2)o1. The number of halogens is 1. The molecule has 2 heterocycles. The van der Waals surface area contributed by atoms with E-state index < -0.39 is 0 Å². The molecular weight excluding hydrogens is 383 g/mol. The van der Waals surface area contributed by atoms with Crippen molar-refractivity contribution in [3.05, 3.63) is 60.2 Å². The zero-order chi connectivity index (χ0) is 19.3. The van der Waals surface area contributed by atoms with E-state index in [2.05, 4.69) is 20.3 Å². The van der Waals surface area contributed by atoms with Crippen LogP contribution in [0.15, 0.2) is 62.7 Å². The molecule has 0 aliphatic heterocycles. The van der Waals surface area contributed by atoms with E-state index in [1.807, 2.05) is 31.2 Å². The maximum atomic E-state index is 13.0. The quantitative estimate of drug-likeness (QED) is 0.417. The third-order valence-electron chi connectivity index (χ3n) is 3.71. The number of rotatable bonds is 7. The van der Waals surface area contributed by atoms with Gasteiger partial charge >= 0.3 is 0 Å². The number of benzene rings is 2. The number of thioether (sulfide) groups is 1. The van der Waals surface area contributed by atoms with E-state index in [0.717, 1.165) is 5.56 Å². The summed E-state index contributed by atoms with van der Waals surface area (Å²) < 4.78 is 29.5. The predicted octanol–water partition coefficient (Wildman–Crippen LogP) is 4.62. The summed E-state index contributed by atoms with van der Waals surface area (Å²) in [5.41, 5.74) is 1.39. The zero-order valence-corrected chi connectivity index (χ0v) is 15.6. The van der Waals surface area contributed by atoms with Gasteiger partial charge in [0.1, 0.15) is 11.6 Å². The minimum Gasteiger partial charge on any atom is -0.493 e. The third kappa shape index (κ3) is 4.04. The topological polar surface area (TPSA) is 87.1 Å². The molecule has 9 heteroatoms. The van der Waals surface area contributed by atoms with Crippen molar-refractivity contribution < 1.29 is 18.1 Å². The Morgan fingerprint density at radius 3 is 2.68 bits per heavy atom. The van der Waals surface area contributed by atoms with Crippen LogP contribution >= 0.6 is 11.8 Å². The molecule has 0 aliphatic carbocycles. The second-order valence-corrected chi connectivity index (χ2v) is 6.54. The molecule has 28 heavy (non-hydrogen) atoms. The molecule has 0 saturated carbocycles. The first-order chi connectivity index (χ1) is 13.7. The van der Waals surface area contributed by atoms with E-state index in [1.54, 1.807) is 12.1 Å². The Hall–Kier alpha value is -3.20. The van der Waals surface area contributed by atoms with E-state index in [9.17, 15) is 4.39 Å². The normalized spacial score (nSPS) is 10.9. The summed E-state index contributed by atoms with van der Waals surface area (Å²) in [6.45, 7) is 2.46. The molecule has 0 N–H and O–H groups in total. The van der Waals surface area contributed by atoms with Gasteiger partial charge in [-0.1, -0.05) is 29.1 Å². The van der Waals surface area contributed by atoms with Gasteiger partial charge in [0.25, 0.3) is 17.0 Å². The standard InChI is InChI=1S/C19H15FN4O3S/c1-2-25-15-6-4-3-5-14(15)18-22-23-19(26-18)28-11-16-21-17(27-24-16)12-7-9-13(20)10-8-12/h3-10H,2,11H2,1H3. The van der Waals surface area contributed by atoms with E-state index in [1.165, 1.54) is 23.9 Å². The van der Waals surface area contributed by atoms with Gasteiger partial charge in [0.15, 0.2) is 5.82 Å². The van der Waals surface area contributed by atoms with Gasteiger partial charge in [-0.05, 0) is 43.3 Å². The van der Waals surface area contributed by atoms with Crippen molar-refractivity contribution in [2.75, 3.05) is 6.61 Å². The minimum absolute atomic E-state index is 0.322. The van der Waals surface area contributed by atoms with Crippen LogP contribution in [0.1, 0.15) is 12.7 Å². The first kappa shape index (κ1) is 18.2. The molecule has 2 aromatic heterocycles. The lowest BCUT2D eigenvalue weighted by Gasteiger charge is -2.05. The van der Waals surface area contributed by atoms with Crippen LogP contribution in [-0.4, -0.2) is 26.9 Å². The van der Waals surface area contributed by atoms with Gasteiger partial charge in [-0.2, -0.15) is 4.98 Å². The van der Waals surface area contributed by atoms with Gasteiger partial charge in [0.2, 0.25) is 0 Å². The Bertz CT molecular complexity index is 1060. The highest BCUT2D eigenvalue weighted by Gasteiger charge is 2.15. The minimum atomic E-state index is -0.322. The molecule has 2 aromatic carbocycles. The molecule has 0 aliphatic rings. The second kappa shape index (κ2) is 8.22. The van der Waals surface area contributed by atoms with E-state index in [-0.39, 0.29) is 5.82 Å². The highest BCUT2D eigenvalue weighted by molar-refractivity contribution is 7.98. The molecule has 7 nitrogen and oxygen atoms in total. The van der Waals surface area contributed by atoms with Crippen LogP contribution in [-0.2, 0) is 5.75 Å². The largest absolute Gasteiger partial charge is 0.493 e. The van der Waals surface area contributed by atoms with Crippen molar-refractivity contribution in [3.63, 3.8) is 0 Å². The Balaban J connectivity index is 1.44. The van der Waals surface area contributed by atoms with Crippen LogP contribution in [0.5, 0.6) is 5.75 Å². The van der Waals surface area contributed by atoms with E-state index in [4.69, 9.17) is 13.7 Å². The van der Waals surface area contributed by atoms with Gasteiger partial charge in [0.05, 0.1) is 17.9 Å². The number of nitrogens with zero attached hydrogens (tertiary/aromatic N) is 4. The molecule has 0 spiro atoms. The fourth-order valence-electron chi connectivity index (χ4n) is 2.45. The predicted molar refractivity (Wildman–Crippen MR) is 100 cm³/mol. The van der Waals surface area contributed by atoms with Crippen molar-refractivity contribution >= 4 is 11.8 Å². The molecule has 0 unspecified atom stereocenters. The highest BCUT2D eigenvalue weighted by atomic mass is 32.2.